The lowest BCUT2D eigenvalue weighted by atomic mass is 10.1. The molecule has 1 heterocycles. The van der Waals surface area contributed by atoms with E-state index in [2.05, 4.69) is 22.6 Å². The van der Waals surface area contributed by atoms with Crippen LogP contribution < -0.4 is 14.4 Å². The molecule has 220 valence electrons. The quantitative estimate of drug-likeness (QED) is 0.132. The molecule has 0 bridgehead atoms. The van der Waals surface area contributed by atoms with Gasteiger partial charge in [-0.25, -0.2) is 4.99 Å². The second-order valence-corrected chi connectivity index (χ2v) is 13.0. The molecule has 5 rings (SSSR count). The minimum absolute atomic E-state index is 0.214. The molecule has 0 N–H and O–H groups in total. The van der Waals surface area contributed by atoms with Gasteiger partial charge in [0, 0.05) is 20.6 Å². The number of amides is 1. The number of rotatable bonds is 8. The van der Waals surface area contributed by atoms with Gasteiger partial charge in [-0.3, -0.25) is 9.69 Å². The molecular weight excluding hydrogens is 738 g/mol. The normalized spacial score (nSPS) is 15.0. The Labute approximate surface area is 284 Å². The van der Waals surface area contributed by atoms with Gasteiger partial charge < -0.3 is 9.47 Å². The van der Waals surface area contributed by atoms with Crippen molar-refractivity contribution < 1.29 is 14.3 Å². The number of halogens is 4. The molecule has 0 atom stereocenters. The fourth-order valence-corrected chi connectivity index (χ4v) is 6.57. The van der Waals surface area contributed by atoms with Gasteiger partial charge in [0.2, 0.25) is 0 Å². The third kappa shape index (κ3) is 7.35. The van der Waals surface area contributed by atoms with Gasteiger partial charge in [-0.2, -0.15) is 0 Å². The fraction of sp³-hybridized carbons (Fsp3) is 0.152. The first-order valence-corrected chi connectivity index (χ1v) is 16.3. The third-order valence-electron chi connectivity index (χ3n) is 6.56. The molecule has 1 fully saturated rings. The van der Waals surface area contributed by atoms with Crippen molar-refractivity contribution in [3.05, 3.63) is 119 Å². The molecule has 0 saturated carbocycles. The second-order valence-electron chi connectivity index (χ2n) is 9.66. The highest BCUT2D eigenvalue weighted by Gasteiger charge is 2.35. The first kappa shape index (κ1) is 31.7. The molecule has 5 nitrogen and oxygen atoms in total. The molecule has 0 unspecified atom stereocenters. The Bertz CT molecular complexity index is 1780. The molecule has 1 amide bonds. The van der Waals surface area contributed by atoms with Gasteiger partial charge in [-0.15, -0.1) is 0 Å². The van der Waals surface area contributed by atoms with Crippen LogP contribution in [-0.2, 0) is 11.4 Å². The minimum atomic E-state index is -0.214. The summed E-state index contributed by atoms with van der Waals surface area (Å²) in [5.74, 6) is 0.979. The van der Waals surface area contributed by atoms with Gasteiger partial charge in [0.05, 0.1) is 26.5 Å². The summed E-state index contributed by atoms with van der Waals surface area (Å²) >= 11 is 22.7. The van der Waals surface area contributed by atoms with Crippen LogP contribution in [0.25, 0.3) is 6.08 Å². The van der Waals surface area contributed by atoms with E-state index in [1.807, 2.05) is 87.5 Å². The van der Waals surface area contributed by atoms with E-state index in [1.54, 1.807) is 17.0 Å². The summed E-state index contributed by atoms with van der Waals surface area (Å²) in [4.78, 5) is 20.8. The van der Waals surface area contributed by atoms with Crippen molar-refractivity contribution in [1.82, 2.24) is 0 Å². The predicted molar refractivity (Wildman–Crippen MR) is 189 cm³/mol. The Hall–Kier alpha value is -2.69. The van der Waals surface area contributed by atoms with Crippen LogP contribution in [0.5, 0.6) is 11.5 Å². The first-order chi connectivity index (χ1) is 20.6. The van der Waals surface area contributed by atoms with Gasteiger partial charge >= 0.3 is 0 Å². The van der Waals surface area contributed by atoms with Gasteiger partial charge in [-0.05, 0) is 120 Å². The average molecular weight is 764 g/mol. The maximum Gasteiger partial charge on any atom is 0.271 e. The lowest BCUT2D eigenvalue weighted by molar-refractivity contribution is -0.113. The molecule has 43 heavy (non-hydrogen) atoms. The van der Waals surface area contributed by atoms with Crippen molar-refractivity contribution in [1.29, 1.82) is 0 Å². The summed E-state index contributed by atoms with van der Waals surface area (Å²) < 4.78 is 13.0. The zero-order valence-corrected chi connectivity index (χ0v) is 28.7. The van der Waals surface area contributed by atoms with Crippen LogP contribution in [0.4, 0.5) is 11.4 Å². The van der Waals surface area contributed by atoms with E-state index in [4.69, 9.17) is 49.3 Å². The van der Waals surface area contributed by atoms with Crippen LogP contribution in [0.1, 0.15) is 29.2 Å². The number of aryl methyl sites for hydroxylation is 2. The second kappa shape index (κ2) is 13.9. The van der Waals surface area contributed by atoms with E-state index >= 15 is 0 Å². The van der Waals surface area contributed by atoms with E-state index in [0.717, 1.165) is 25.8 Å². The summed E-state index contributed by atoms with van der Waals surface area (Å²) in [6.45, 7) is 6.50. The smallest absolute Gasteiger partial charge is 0.271 e. The summed E-state index contributed by atoms with van der Waals surface area (Å²) in [6.07, 6.45) is 1.84. The van der Waals surface area contributed by atoms with E-state index in [-0.39, 0.29) is 5.91 Å². The fourth-order valence-electron chi connectivity index (χ4n) is 4.25. The Morgan fingerprint density at radius 3 is 2.33 bits per heavy atom. The molecule has 4 aromatic rings. The van der Waals surface area contributed by atoms with Gasteiger partial charge in [0.15, 0.2) is 16.7 Å². The van der Waals surface area contributed by atoms with E-state index in [0.29, 0.717) is 61.2 Å². The molecular formula is C33H26Cl3IN2O3S. The lowest BCUT2D eigenvalue weighted by Crippen LogP contribution is -2.28. The zero-order valence-electron chi connectivity index (χ0n) is 23.5. The van der Waals surface area contributed by atoms with Crippen molar-refractivity contribution in [2.45, 2.75) is 27.4 Å². The summed E-state index contributed by atoms with van der Waals surface area (Å²) in [6, 6.07) is 22.5. The van der Waals surface area contributed by atoms with Crippen LogP contribution >= 0.6 is 69.2 Å². The van der Waals surface area contributed by atoms with Gasteiger partial charge in [0.1, 0.15) is 6.61 Å². The topological polar surface area (TPSA) is 51.1 Å². The number of hydrogen-bond acceptors (Lipinski definition) is 5. The zero-order chi connectivity index (χ0) is 30.7. The van der Waals surface area contributed by atoms with Crippen LogP contribution in [0.2, 0.25) is 15.1 Å². The molecule has 4 aromatic carbocycles. The standard InChI is InChI=1S/C33H26Cl3IN2O3S/c1-4-41-29-14-21(13-28(37)31(29)42-18-22-7-5-6-8-25(22)34)15-30-32(40)39(24-12-10-20(3)27(36)17-24)33(43-30)38-23-11-9-19(2)26(35)16-23/h5-17H,4,18H2,1-3H3/b30-15+,38-33?. The monoisotopic (exact) mass is 762 g/mol. The number of thioether (sulfide) groups is 1. The maximum atomic E-state index is 13.9. The number of anilines is 1. The number of benzene rings is 4. The van der Waals surface area contributed by atoms with Gasteiger partial charge in [-0.1, -0.05) is 65.1 Å². The summed E-state index contributed by atoms with van der Waals surface area (Å²) in [5.41, 5.74) is 4.79. The van der Waals surface area contributed by atoms with Crippen LogP contribution in [0.3, 0.4) is 0 Å². The van der Waals surface area contributed by atoms with Crippen LogP contribution in [-0.4, -0.2) is 17.7 Å². The summed E-state index contributed by atoms with van der Waals surface area (Å²) in [5, 5.41) is 2.30. The Morgan fingerprint density at radius 2 is 1.63 bits per heavy atom. The predicted octanol–water partition coefficient (Wildman–Crippen LogP) is 10.7. The van der Waals surface area contributed by atoms with Crippen molar-refractivity contribution >= 4 is 97.7 Å². The van der Waals surface area contributed by atoms with Crippen molar-refractivity contribution in [2.24, 2.45) is 4.99 Å². The average Bonchev–Trinajstić information content (AvgIpc) is 3.26. The largest absolute Gasteiger partial charge is 0.490 e. The van der Waals surface area contributed by atoms with E-state index < -0.39 is 0 Å². The van der Waals surface area contributed by atoms with Gasteiger partial charge in [0.25, 0.3) is 5.91 Å². The molecule has 1 aliphatic rings. The molecule has 0 aliphatic carbocycles. The first-order valence-electron chi connectivity index (χ1n) is 13.3. The van der Waals surface area contributed by atoms with E-state index in [1.165, 1.54) is 11.8 Å². The maximum absolute atomic E-state index is 13.9. The SMILES string of the molecule is CCOc1cc(/C=C2/SC(=Nc3ccc(C)c(Cl)c3)N(c3ccc(C)c(Cl)c3)C2=O)cc(I)c1OCc1ccccc1Cl. The number of hydrogen-bond donors (Lipinski definition) is 0. The Kier molecular flexibility index (Phi) is 10.3. The highest BCUT2D eigenvalue weighted by Crippen LogP contribution is 2.41. The number of ether oxygens (including phenoxy) is 2. The number of nitrogens with zero attached hydrogens (tertiary/aromatic N) is 2. The number of aliphatic imine (C=N–C) groups is 1. The molecule has 0 radical (unpaired) electrons. The van der Waals surface area contributed by atoms with E-state index in [9.17, 15) is 4.79 Å². The molecule has 1 aliphatic heterocycles. The minimum Gasteiger partial charge on any atom is -0.490 e. The molecule has 0 spiro atoms. The lowest BCUT2D eigenvalue weighted by Gasteiger charge is -2.17. The van der Waals surface area contributed by atoms with Crippen LogP contribution in [0, 0.1) is 17.4 Å². The highest BCUT2D eigenvalue weighted by molar-refractivity contribution is 14.1. The highest BCUT2D eigenvalue weighted by atomic mass is 127. The molecule has 0 aromatic heterocycles. The molecule has 1 saturated heterocycles. The Balaban J connectivity index is 1.52. The summed E-state index contributed by atoms with van der Waals surface area (Å²) in [7, 11) is 0. The Morgan fingerprint density at radius 1 is 0.907 bits per heavy atom. The van der Waals surface area contributed by atoms with Crippen molar-refractivity contribution in [3.63, 3.8) is 0 Å². The van der Waals surface area contributed by atoms with Crippen LogP contribution in [0.15, 0.2) is 82.7 Å². The number of amidine groups is 1. The number of carbonyl (C=O) groups excluding carboxylic acids is 1. The molecule has 10 heteroatoms. The number of carbonyl (C=O) groups is 1. The van der Waals surface area contributed by atoms with Crippen molar-refractivity contribution in [2.75, 3.05) is 11.5 Å². The third-order valence-corrected chi connectivity index (χ3v) is 9.51. The van der Waals surface area contributed by atoms with Crippen molar-refractivity contribution in [3.8, 4) is 11.5 Å².